The Balaban J connectivity index is 1.70. The standard InChI is InChI=1S/C18H17NO2/c20-17-15(11-13-7-3-1-4-8-13)18(21)19-16(17)12-14-9-5-2-6-10-14/h1-10,15-16H,11-12H2,(H,19,21)/t15-,16-/m1/s1. The minimum atomic E-state index is -0.555. The molecule has 0 spiro atoms. The van der Waals surface area contributed by atoms with Crippen LogP contribution in [0.25, 0.3) is 0 Å². The van der Waals surface area contributed by atoms with Crippen LogP contribution in [-0.2, 0) is 22.4 Å². The summed E-state index contributed by atoms with van der Waals surface area (Å²) in [5, 5.41) is 2.83. The van der Waals surface area contributed by atoms with E-state index in [2.05, 4.69) is 5.32 Å². The molecule has 1 aliphatic rings. The molecular weight excluding hydrogens is 262 g/mol. The van der Waals surface area contributed by atoms with Crippen LogP contribution in [-0.4, -0.2) is 17.7 Å². The lowest BCUT2D eigenvalue weighted by Crippen LogP contribution is -2.31. The van der Waals surface area contributed by atoms with Crippen LogP contribution in [0.2, 0.25) is 0 Å². The summed E-state index contributed by atoms with van der Waals surface area (Å²) in [7, 11) is 0. The summed E-state index contributed by atoms with van der Waals surface area (Å²) in [5.74, 6) is -0.696. The maximum absolute atomic E-state index is 12.4. The molecule has 1 N–H and O–H groups in total. The highest BCUT2D eigenvalue weighted by Gasteiger charge is 2.40. The Morgan fingerprint density at radius 3 is 1.86 bits per heavy atom. The van der Waals surface area contributed by atoms with Crippen LogP contribution in [0.3, 0.4) is 0 Å². The van der Waals surface area contributed by atoms with Crippen LogP contribution < -0.4 is 5.32 Å². The second-order valence-electron chi connectivity index (χ2n) is 5.40. The number of amides is 1. The third kappa shape index (κ3) is 3.02. The fourth-order valence-corrected chi connectivity index (χ4v) is 2.76. The van der Waals surface area contributed by atoms with Crippen molar-refractivity contribution in [1.82, 2.24) is 5.32 Å². The van der Waals surface area contributed by atoms with Crippen LogP contribution in [0, 0.1) is 5.92 Å². The van der Waals surface area contributed by atoms with Gasteiger partial charge in [-0.25, -0.2) is 0 Å². The van der Waals surface area contributed by atoms with Crippen molar-refractivity contribution in [1.29, 1.82) is 0 Å². The van der Waals surface area contributed by atoms with E-state index in [1.54, 1.807) is 0 Å². The van der Waals surface area contributed by atoms with Crippen molar-refractivity contribution >= 4 is 11.7 Å². The van der Waals surface area contributed by atoms with Gasteiger partial charge >= 0.3 is 0 Å². The Morgan fingerprint density at radius 1 is 0.762 bits per heavy atom. The van der Waals surface area contributed by atoms with E-state index in [0.29, 0.717) is 12.8 Å². The second-order valence-corrected chi connectivity index (χ2v) is 5.40. The third-order valence-electron chi connectivity index (χ3n) is 3.89. The topological polar surface area (TPSA) is 46.2 Å². The van der Waals surface area contributed by atoms with Gasteiger partial charge in [-0.05, 0) is 24.0 Å². The number of Topliss-reactive ketones (excluding diaryl/α,β-unsaturated/α-hetero) is 1. The number of ketones is 1. The maximum Gasteiger partial charge on any atom is 0.231 e. The summed E-state index contributed by atoms with van der Waals surface area (Å²) in [4.78, 5) is 24.5. The molecule has 1 aliphatic heterocycles. The first-order valence-corrected chi connectivity index (χ1v) is 7.16. The second kappa shape index (κ2) is 5.92. The molecule has 1 fully saturated rings. The summed E-state index contributed by atoms with van der Waals surface area (Å²) < 4.78 is 0. The molecule has 1 amide bonds. The highest BCUT2D eigenvalue weighted by atomic mass is 16.2. The minimum absolute atomic E-state index is 0.00714. The average molecular weight is 279 g/mol. The van der Waals surface area contributed by atoms with Crippen molar-refractivity contribution in [2.75, 3.05) is 0 Å². The molecule has 1 heterocycles. The zero-order valence-electron chi connectivity index (χ0n) is 11.7. The summed E-state index contributed by atoms with van der Waals surface area (Å²) >= 11 is 0. The number of carbonyl (C=O) groups is 2. The van der Waals surface area contributed by atoms with Gasteiger partial charge in [0, 0.05) is 0 Å². The third-order valence-corrected chi connectivity index (χ3v) is 3.89. The Hall–Kier alpha value is -2.42. The van der Waals surface area contributed by atoms with Crippen LogP contribution in [0.15, 0.2) is 60.7 Å². The Labute approximate surface area is 124 Å². The zero-order valence-corrected chi connectivity index (χ0v) is 11.7. The van der Waals surface area contributed by atoms with Gasteiger partial charge < -0.3 is 5.32 Å². The van der Waals surface area contributed by atoms with E-state index < -0.39 is 12.0 Å². The van der Waals surface area contributed by atoms with E-state index in [4.69, 9.17) is 0 Å². The minimum Gasteiger partial charge on any atom is -0.345 e. The quantitative estimate of drug-likeness (QED) is 0.872. The smallest absolute Gasteiger partial charge is 0.231 e. The number of hydrogen-bond acceptors (Lipinski definition) is 2. The summed E-state index contributed by atoms with van der Waals surface area (Å²) in [6.45, 7) is 0. The molecule has 2 atom stereocenters. The predicted molar refractivity (Wildman–Crippen MR) is 80.7 cm³/mol. The molecule has 3 rings (SSSR count). The van der Waals surface area contributed by atoms with Gasteiger partial charge in [0.25, 0.3) is 0 Å². The molecule has 21 heavy (non-hydrogen) atoms. The number of carbonyl (C=O) groups excluding carboxylic acids is 2. The predicted octanol–water partition coefficient (Wildman–Crippen LogP) is 2.16. The van der Waals surface area contributed by atoms with E-state index in [1.165, 1.54) is 0 Å². The van der Waals surface area contributed by atoms with Gasteiger partial charge in [0.1, 0.15) is 5.92 Å². The molecule has 1 saturated heterocycles. The van der Waals surface area contributed by atoms with E-state index in [0.717, 1.165) is 11.1 Å². The van der Waals surface area contributed by atoms with Gasteiger partial charge in [-0.15, -0.1) is 0 Å². The highest BCUT2D eigenvalue weighted by Crippen LogP contribution is 2.19. The number of nitrogens with one attached hydrogen (secondary N) is 1. The van der Waals surface area contributed by atoms with Gasteiger partial charge in [0.15, 0.2) is 5.78 Å². The fraction of sp³-hybridized carbons (Fsp3) is 0.222. The van der Waals surface area contributed by atoms with Gasteiger partial charge in [-0.3, -0.25) is 9.59 Å². The van der Waals surface area contributed by atoms with Crippen molar-refractivity contribution in [2.45, 2.75) is 18.9 Å². The lowest BCUT2D eigenvalue weighted by atomic mass is 9.93. The van der Waals surface area contributed by atoms with Crippen LogP contribution in [0.5, 0.6) is 0 Å². The Kier molecular flexibility index (Phi) is 3.82. The molecule has 0 radical (unpaired) electrons. The van der Waals surface area contributed by atoms with Crippen LogP contribution in [0.1, 0.15) is 11.1 Å². The van der Waals surface area contributed by atoms with E-state index in [9.17, 15) is 9.59 Å². The van der Waals surface area contributed by atoms with Crippen molar-refractivity contribution in [3.8, 4) is 0 Å². The highest BCUT2D eigenvalue weighted by molar-refractivity contribution is 6.10. The van der Waals surface area contributed by atoms with E-state index in [1.807, 2.05) is 60.7 Å². The van der Waals surface area contributed by atoms with Gasteiger partial charge in [0.05, 0.1) is 6.04 Å². The first-order valence-electron chi connectivity index (χ1n) is 7.16. The maximum atomic E-state index is 12.4. The number of benzene rings is 2. The largest absolute Gasteiger partial charge is 0.345 e. The molecule has 0 aromatic heterocycles. The summed E-state index contributed by atoms with van der Waals surface area (Å²) in [6, 6.07) is 19.1. The normalized spacial score (nSPS) is 21.3. The SMILES string of the molecule is O=C1N[C@H](Cc2ccccc2)C(=O)[C@H]1Cc1ccccc1. The zero-order chi connectivity index (χ0) is 14.7. The van der Waals surface area contributed by atoms with E-state index in [-0.39, 0.29) is 11.7 Å². The van der Waals surface area contributed by atoms with Crippen LogP contribution >= 0.6 is 0 Å². The van der Waals surface area contributed by atoms with Crippen molar-refractivity contribution in [2.24, 2.45) is 5.92 Å². The number of hydrogen-bond donors (Lipinski definition) is 1. The molecule has 0 aliphatic carbocycles. The molecule has 3 heteroatoms. The first kappa shape index (κ1) is 13.6. The van der Waals surface area contributed by atoms with Gasteiger partial charge in [0.2, 0.25) is 5.91 Å². The van der Waals surface area contributed by atoms with Crippen molar-refractivity contribution < 1.29 is 9.59 Å². The molecule has 0 bridgehead atoms. The molecule has 0 unspecified atom stereocenters. The van der Waals surface area contributed by atoms with Crippen molar-refractivity contribution in [3.63, 3.8) is 0 Å². The van der Waals surface area contributed by atoms with Gasteiger partial charge in [-0.2, -0.15) is 0 Å². The molecule has 3 nitrogen and oxygen atoms in total. The Morgan fingerprint density at radius 2 is 1.29 bits per heavy atom. The van der Waals surface area contributed by atoms with Crippen LogP contribution in [0.4, 0.5) is 0 Å². The summed E-state index contributed by atoms with van der Waals surface area (Å²) in [6.07, 6.45) is 1.05. The molecular formula is C18H17NO2. The number of rotatable bonds is 4. The molecule has 2 aromatic rings. The molecule has 2 aromatic carbocycles. The Bertz CT molecular complexity index is 637. The fourth-order valence-electron chi connectivity index (χ4n) is 2.76. The first-order chi connectivity index (χ1) is 10.2. The molecule has 106 valence electrons. The average Bonchev–Trinajstić information content (AvgIpc) is 2.77. The monoisotopic (exact) mass is 279 g/mol. The lowest BCUT2D eigenvalue weighted by Gasteiger charge is -2.09. The molecule has 0 saturated carbocycles. The van der Waals surface area contributed by atoms with Gasteiger partial charge in [-0.1, -0.05) is 60.7 Å². The lowest BCUT2D eigenvalue weighted by molar-refractivity contribution is -0.127. The van der Waals surface area contributed by atoms with Crippen molar-refractivity contribution in [3.05, 3.63) is 71.8 Å². The summed E-state index contributed by atoms with van der Waals surface area (Å²) in [5.41, 5.74) is 2.09. The van der Waals surface area contributed by atoms with E-state index >= 15 is 0 Å².